The van der Waals surface area contributed by atoms with Crippen LogP contribution in [0, 0.1) is 11.7 Å². The Morgan fingerprint density at radius 2 is 1.16 bits per heavy atom. The summed E-state index contributed by atoms with van der Waals surface area (Å²) in [4.78, 5) is 4.94. The van der Waals surface area contributed by atoms with Gasteiger partial charge in [-0.15, -0.1) is 0 Å². The Hall–Kier alpha value is -7.24. The van der Waals surface area contributed by atoms with Crippen molar-refractivity contribution in [3.8, 4) is 50.9 Å². The van der Waals surface area contributed by atoms with Crippen LogP contribution in [-0.4, -0.2) is 14.1 Å². The monoisotopic (exact) mass is 876 g/mol. The fraction of sp³-hybridized carbons (Fsp3) is 0.226. The molecule has 334 valence electrons. The molecule has 10 aromatic rings. The van der Waals surface area contributed by atoms with Gasteiger partial charge in [-0.05, 0) is 110 Å². The second kappa shape index (κ2) is 16.6. The van der Waals surface area contributed by atoms with Gasteiger partial charge in [0.15, 0.2) is 0 Å². The van der Waals surface area contributed by atoms with Crippen molar-refractivity contribution in [2.75, 3.05) is 0 Å². The molecule has 67 heavy (non-hydrogen) atoms. The zero-order valence-corrected chi connectivity index (χ0v) is 40.5. The van der Waals surface area contributed by atoms with E-state index in [0.29, 0.717) is 5.92 Å². The van der Waals surface area contributed by atoms with Crippen LogP contribution < -0.4 is 9.30 Å². The maximum Gasteiger partial charge on any atom is 0.269 e. The van der Waals surface area contributed by atoms with Crippen molar-refractivity contribution in [3.63, 3.8) is 0 Å². The number of aromatic nitrogens is 4. The molecule has 5 heteroatoms. The number of benzene rings is 7. The highest BCUT2D eigenvalue weighted by Gasteiger charge is 2.26. The summed E-state index contributed by atoms with van der Waals surface area (Å²) in [5, 5.41) is 2.33. The molecule has 1 unspecified atom stereocenters. The lowest BCUT2D eigenvalue weighted by Crippen LogP contribution is -2.31. The predicted molar refractivity (Wildman–Crippen MR) is 278 cm³/mol. The molecular formula is C62H60N4O. The number of hydrogen-bond acceptors (Lipinski definition) is 2. The molecule has 0 amide bonds. The topological polar surface area (TPSA) is 35.9 Å². The Balaban J connectivity index is 1.10. The van der Waals surface area contributed by atoms with E-state index >= 15 is 0 Å². The van der Waals surface area contributed by atoms with Crippen LogP contribution in [0.1, 0.15) is 91.8 Å². The molecule has 0 fully saturated rings. The van der Waals surface area contributed by atoms with Crippen molar-refractivity contribution in [1.82, 2.24) is 14.1 Å². The van der Waals surface area contributed by atoms with E-state index in [1.54, 1.807) is 0 Å². The number of rotatable bonds is 8. The third kappa shape index (κ3) is 8.22. The van der Waals surface area contributed by atoms with Gasteiger partial charge in [0.1, 0.15) is 17.3 Å². The van der Waals surface area contributed by atoms with Crippen LogP contribution in [0.4, 0.5) is 0 Å². The van der Waals surface area contributed by atoms with Gasteiger partial charge in [0, 0.05) is 23.0 Å². The van der Waals surface area contributed by atoms with E-state index in [9.17, 15) is 0 Å². The fourth-order valence-corrected chi connectivity index (χ4v) is 9.34. The zero-order valence-electron chi connectivity index (χ0n) is 40.5. The molecule has 0 aliphatic carbocycles. The maximum atomic E-state index is 6.81. The summed E-state index contributed by atoms with van der Waals surface area (Å²) in [6, 6.07) is 60.9. The highest BCUT2D eigenvalue weighted by atomic mass is 16.5. The van der Waals surface area contributed by atoms with E-state index in [-0.39, 0.29) is 16.2 Å². The molecule has 0 radical (unpaired) electrons. The van der Waals surface area contributed by atoms with Gasteiger partial charge in [-0.2, -0.15) is 0 Å². The Labute approximate surface area is 396 Å². The number of imidazole rings is 1. The van der Waals surface area contributed by atoms with Crippen molar-refractivity contribution >= 4 is 32.8 Å². The molecule has 5 nitrogen and oxygen atoms in total. The SMILES string of the molecule is CC(c1ccnc(-n2c3ccccc3c3ccc(Oc4cccc(-n5[c-][n+](-c6c(-c7ccccc7)cccc6-c6cc(C(C)(C)C)cc(C(C)(C)C)c6)c6ccccc65)c4)cc32)c1)C(C)(C)C. The van der Waals surface area contributed by atoms with Gasteiger partial charge < -0.3 is 4.74 Å². The number of para-hydroxylation sites is 4. The highest BCUT2D eigenvalue weighted by molar-refractivity contribution is 6.09. The largest absolute Gasteiger partial charge is 0.458 e. The molecule has 3 aromatic heterocycles. The van der Waals surface area contributed by atoms with Crippen LogP contribution >= 0.6 is 0 Å². The third-order valence-corrected chi connectivity index (χ3v) is 13.6. The summed E-state index contributed by atoms with van der Waals surface area (Å²) in [5.41, 5.74) is 14.8. The highest BCUT2D eigenvalue weighted by Crippen LogP contribution is 2.41. The summed E-state index contributed by atoms with van der Waals surface area (Å²) >= 11 is 0. The fourth-order valence-electron chi connectivity index (χ4n) is 9.34. The van der Waals surface area contributed by atoms with E-state index in [4.69, 9.17) is 9.72 Å². The first-order chi connectivity index (χ1) is 32.0. The van der Waals surface area contributed by atoms with Crippen molar-refractivity contribution in [1.29, 1.82) is 0 Å². The molecule has 3 heterocycles. The lowest BCUT2D eigenvalue weighted by Gasteiger charge is -2.27. The molecular weight excluding hydrogens is 817 g/mol. The number of nitrogens with zero attached hydrogens (tertiary/aromatic N) is 4. The quantitative estimate of drug-likeness (QED) is 0.113. The maximum absolute atomic E-state index is 6.81. The van der Waals surface area contributed by atoms with Gasteiger partial charge in [0.2, 0.25) is 0 Å². The summed E-state index contributed by atoms with van der Waals surface area (Å²) < 4.78 is 13.5. The smallest absolute Gasteiger partial charge is 0.269 e. The minimum atomic E-state index is -0.0341. The summed E-state index contributed by atoms with van der Waals surface area (Å²) in [6.07, 6.45) is 5.82. The van der Waals surface area contributed by atoms with Crippen molar-refractivity contribution < 1.29 is 9.30 Å². The second-order valence-corrected chi connectivity index (χ2v) is 21.3. The van der Waals surface area contributed by atoms with Crippen molar-refractivity contribution in [2.24, 2.45) is 5.41 Å². The van der Waals surface area contributed by atoms with E-state index < -0.39 is 0 Å². The molecule has 0 saturated heterocycles. The summed E-state index contributed by atoms with van der Waals surface area (Å²) in [7, 11) is 0. The molecule has 0 bridgehead atoms. The van der Waals surface area contributed by atoms with Crippen LogP contribution in [0.3, 0.4) is 0 Å². The van der Waals surface area contributed by atoms with Crippen LogP contribution in [0.15, 0.2) is 176 Å². The number of fused-ring (bicyclic) bond motifs is 4. The summed E-state index contributed by atoms with van der Waals surface area (Å²) in [6.45, 7) is 23.0. The molecule has 10 rings (SSSR count). The molecule has 7 aromatic carbocycles. The van der Waals surface area contributed by atoms with Crippen LogP contribution in [0.5, 0.6) is 11.5 Å². The van der Waals surface area contributed by atoms with E-state index in [0.717, 1.165) is 72.8 Å². The molecule has 0 aliphatic rings. The molecule has 0 spiro atoms. The summed E-state index contributed by atoms with van der Waals surface area (Å²) in [5.74, 6) is 2.73. The number of ether oxygens (including phenoxy) is 1. The van der Waals surface area contributed by atoms with Gasteiger partial charge in [0.25, 0.3) is 6.33 Å². The lowest BCUT2D eigenvalue weighted by atomic mass is 9.78. The zero-order chi connectivity index (χ0) is 46.8. The van der Waals surface area contributed by atoms with Crippen molar-refractivity contribution in [2.45, 2.75) is 86.0 Å². The minimum Gasteiger partial charge on any atom is -0.458 e. The lowest BCUT2D eigenvalue weighted by molar-refractivity contribution is -0.571. The van der Waals surface area contributed by atoms with Gasteiger partial charge in [0.05, 0.1) is 33.4 Å². The van der Waals surface area contributed by atoms with Crippen LogP contribution in [-0.2, 0) is 10.8 Å². The predicted octanol–water partition coefficient (Wildman–Crippen LogP) is 16.1. The van der Waals surface area contributed by atoms with Crippen LogP contribution in [0.2, 0.25) is 0 Å². The molecule has 0 N–H and O–H groups in total. The number of hydrogen-bond donors (Lipinski definition) is 0. The first kappa shape index (κ1) is 43.6. The van der Waals surface area contributed by atoms with Crippen molar-refractivity contribution in [3.05, 3.63) is 199 Å². The molecule has 0 saturated carbocycles. The average molecular weight is 877 g/mol. The first-order valence-electron chi connectivity index (χ1n) is 23.6. The third-order valence-electron chi connectivity index (χ3n) is 13.6. The van der Waals surface area contributed by atoms with Gasteiger partial charge >= 0.3 is 0 Å². The number of pyridine rings is 1. The van der Waals surface area contributed by atoms with Gasteiger partial charge in [-0.25, -0.2) is 4.98 Å². The Bertz CT molecular complexity index is 3430. The molecule has 1 atom stereocenters. The normalized spacial score (nSPS) is 12.9. The Morgan fingerprint density at radius 3 is 1.88 bits per heavy atom. The van der Waals surface area contributed by atoms with Crippen LogP contribution in [0.25, 0.3) is 72.3 Å². The average Bonchev–Trinajstić information content (AvgIpc) is 3.86. The standard InChI is InChI=1S/C62H60N4O/c1-41(60(2,3)4)43-32-33-63-58(36-43)66-54-27-15-14-24-52(54)53-31-30-49(39-57(53)66)67-48-23-18-22-47(38-48)64-40-65(56-29-17-16-28-55(56)64)59-50(42-20-12-11-13-21-42)25-19-26-51(59)44-34-45(61(5,6)7)37-46(35-44)62(8,9)10/h11-39,41H,1-10H3. The van der Waals surface area contributed by atoms with E-state index in [1.807, 2.05) is 12.3 Å². The first-order valence-corrected chi connectivity index (χ1v) is 23.6. The Morgan fingerprint density at radius 1 is 0.537 bits per heavy atom. The van der Waals surface area contributed by atoms with Gasteiger partial charge in [-0.1, -0.05) is 184 Å². The minimum absolute atomic E-state index is 0.0341. The second-order valence-electron chi connectivity index (χ2n) is 21.3. The Kier molecular flexibility index (Phi) is 10.8. The van der Waals surface area contributed by atoms with E-state index in [1.165, 1.54) is 27.6 Å². The van der Waals surface area contributed by atoms with Gasteiger partial charge in [-0.3, -0.25) is 13.7 Å². The van der Waals surface area contributed by atoms with E-state index in [2.05, 4.69) is 253 Å². The molecule has 0 aliphatic heterocycles.